The Morgan fingerprint density at radius 1 is 1.38 bits per heavy atom. The van der Waals surface area contributed by atoms with Crippen LogP contribution in [0.2, 0.25) is 0 Å². The number of ether oxygens (including phenoxy) is 1. The minimum absolute atomic E-state index is 0.00947. The number of nitrogens with two attached hydrogens (primary N) is 2. The van der Waals surface area contributed by atoms with Gasteiger partial charge in [-0.3, -0.25) is 9.78 Å². The van der Waals surface area contributed by atoms with Gasteiger partial charge in [0.2, 0.25) is 5.88 Å². The zero-order chi connectivity index (χ0) is 18.7. The van der Waals surface area contributed by atoms with Crippen LogP contribution in [0, 0.1) is 0 Å². The number of amidine groups is 1. The first-order valence-corrected chi connectivity index (χ1v) is 8.82. The molecule has 1 aliphatic rings. The van der Waals surface area contributed by atoms with Gasteiger partial charge in [0.15, 0.2) is 16.7 Å². The van der Waals surface area contributed by atoms with E-state index in [9.17, 15) is 4.79 Å². The Morgan fingerprint density at radius 3 is 2.88 bits per heavy atom. The fourth-order valence-corrected chi connectivity index (χ4v) is 3.50. The van der Waals surface area contributed by atoms with Crippen LogP contribution in [0.25, 0.3) is 0 Å². The molecule has 136 valence electrons. The Balaban J connectivity index is 1.83. The first kappa shape index (κ1) is 17.9. The number of nitrogen functional groups attached to an aromatic ring is 1. The fourth-order valence-electron chi connectivity index (χ4n) is 2.52. The molecule has 0 saturated heterocycles. The molecule has 0 bridgehead atoms. The number of methoxy groups -OCH3 is 1. The van der Waals surface area contributed by atoms with Crippen LogP contribution in [-0.2, 0) is 5.54 Å². The summed E-state index contributed by atoms with van der Waals surface area (Å²) in [5.74, 6) is 0.623. The normalized spacial score (nSPS) is 19.5. The van der Waals surface area contributed by atoms with Crippen molar-refractivity contribution in [2.45, 2.75) is 18.9 Å². The van der Waals surface area contributed by atoms with E-state index < -0.39 is 11.4 Å². The lowest BCUT2D eigenvalue weighted by atomic mass is 9.94. The van der Waals surface area contributed by atoms with Gasteiger partial charge in [0, 0.05) is 17.6 Å². The second kappa shape index (κ2) is 7.16. The number of hydrogen-bond donors (Lipinski definition) is 3. The fraction of sp³-hybridized carbons (Fsp3) is 0.312. The number of pyridine rings is 1. The van der Waals surface area contributed by atoms with E-state index in [1.54, 1.807) is 18.3 Å². The summed E-state index contributed by atoms with van der Waals surface area (Å²) in [6.45, 7) is 1.97. The van der Waals surface area contributed by atoms with Crippen LogP contribution >= 0.6 is 11.8 Å². The molecule has 1 aliphatic heterocycles. The summed E-state index contributed by atoms with van der Waals surface area (Å²) in [5.41, 5.74) is 12.4. The lowest BCUT2D eigenvalue weighted by molar-refractivity contribution is 0.102. The molecule has 3 rings (SSSR count). The van der Waals surface area contributed by atoms with Gasteiger partial charge in [-0.1, -0.05) is 11.8 Å². The van der Waals surface area contributed by atoms with Gasteiger partial charge in [-0.15, -0.1) is 0 Å². The molecular weight excluding hydrogens is 354 g/mol. The molecule has 10 heteroatoms. The van der Waals surface area contributed by atoms with Gasteiger partial charge >= 0.3 is 0 Å². The molecule has 0 aliphatic carbocycles. The van der Waals surface area contributed by atoms with Crippen LogP contribution in [0.4, 0.5) is 11.5 Å². The minimum Gasteiger partial charge on any atom is -0.480 e. The number of hydrogen-bond acceptors (Lipinski definition) is 9. The van der Waals surface area contributed by atoms with Gasteiger partial charge < -0.3 is 21.5 Å². The minimum atomic E-state index is -0.519. The highest BCUT2D eigenvalue weighted by Crippen LogP contribution is 2.34. The maximum Gasteiger partial charge on any atom is 0.278 e. The lowest BCUT2D eigenvalue weighted by Gasteiger charge is -2.28. The highest BCUT2D eigenvalue weighted by Gasteiger charge is 2.31. The zero-order valence-corrected chi connectivity index (χ0v) is 15.2. The number of carbonyl (C=O) groups excluding carboxylic acids is 1. The van der Waals surface area contributed by atoms with Gasteiger partial charge in [0.05, 0.1) is 19.0 Å². The van der Waals surface area contributed by atoms with Gasteiger partial charge in [-0.2, -0.15) is 4.98 Å². The van der Waals surface area contributed by atoms with Crippen molar-refractivity contribution in [3.05, 3.63) is 35.9 Å². The second-order valence-corrected chi connectivity index (χ2v) is 6.97. The van der Waals surface area contributed by atoms with E-state index in [-0.39, 0.29) is 17.4 Å². The lowest BCUT2D eigenvalue weighted by Crippen LogP contribution is -2.29. The van der Waals surface area contributed by atoms with Gasteiger partial charge in [-0.05, 0) is 25.5 Å². The molecule has 0 aromatic carbocycles. The average Bonchev–Trinajstić information content (AvgIpc) is 2.61. The first-order chi connectivity index (χ1) is 12.4. The predicted octanol–water partition coefficient (Wildman–Crippen LogP) is 1.38. The average molecular weight is 373 g/mol. The summed E-state index contributed by atoms with van der Waals surface area (Å²) in [4.78, 5) is 29.3. The molecule has 1 atom stereocenters. The van der Waals surface area contributed by atoms with Crippen molar-refractivity contribution in [2.24, 2.45) is 10.7 Å². The maximum atomic E-state index is 12.4. The quantitative estimate of drug-likeness (QED) is 0.730. The molecular formula is C16H19N7O2S. The molecule has 0 fully saturated rings. The highest BCUT2D eigenvalue weighted by molar-refractivity contribution is 8.13. The summed E-state index contributed by atoms with van der Waals surface area (Å²) in [7, 11) is 1.45. The van der Waals surface area contributed by atoms with E-state index in [1.807, 2.05) is 6.92 Å². The van der Waals surface area contributed by atoms with Crippen LogP contribution in [0.5, 0.6) is 5.88 Å². The molecule has 0 spiro atoms. The Morgan fingerprint density at radius 2 is 2.19 bits per heavy atom. The number of aliphatic imine (C=N–C) groups is 1. The zero-order valence-electron chi connectivity index (χ0n) is 14.4. The Labute approximate surface area is 154 Å². The monoisotopic (exact) mass is 373 g/mol. The van der Waals surface area contributed by atoms with Crippen LogP contribution in [-0.4, -0.2) is 38.9 Å². The van der Waals surface area contributed by atoms with E-state index in [4.69, 9.17) is 16.2 Å². The van der Waals surface area contributed by atoms with Gasteiger partial charge in [0.25, 0.3) is 5.91 Å². The molecule has 9 nitrogen and oxygen atoms in total. The van der Waals surface area contributed by atoms with Gasteiger partial charge in [-0.25, -0.2) is 9.98 Å². The summed E-state index contributed by atoms with van der Waals surface area (Å²) in [6, 6.07) is 3.46. The van der Waals surface area contributed by atoms with Gasteiger partial charge in [0.1, 0.15) is 5.54 Å². The molecule has 2 aromatic heterocycles. The Kier molecular flexibility index (Phi) is 4.94. The van der Waals surface area contributed by atoms with Crippen molar-refractivity contribution in [1.29, 1.82) is 0 Å². The van der Waals surface area contributed by atoms with Crippen molar-refractivity contribution in [1.82, 2.24) is 15.0 Å². The van der Waals surface area contributed by atoms with Crippen LogP contribution in [0.15, 0.2) is 29.5 Å². The number of anilines is 2. The van der Waals surface area contributed by atoms with Crippen molar-refractivity contribution in [2.75, 3.05) is 23.9 Å². The van der Waals surface area contributed by atoms with Crippen LogP contribution in [0.1, 0.15) is 29.5 Å². The number of thioether (sulfide) groups is 1. The largest absolute Gasteiger partial charge is 0.480 e. The number of nitrogens with zero attached hydrogens (tertiary/aromatic N) is 4. The summed E-state index contributed by atoms with van der Waals surface area (Å²) in [6.07, 6.45) is 3.76. The summed E-state index contributed by atoms with van der Waals surface area (Å²) >= 11 is 1.52. The highest BCUT2D eigenvalue weighted by atomic mass is 32.2. The Bertz CT molecular complexity index is 873. The molecule has 2 aromatic rings. The van der Waals surface area contributed by atoms with E-state index >= 15 is 0 Å². The SMILES string of the molecule is COc1cnc(C(=O)Nc2ccnc([C@]3(C)CCSC(N)=N3)c2)c(N)n1. The van der Waals surface area contributed by atoms with E-state index in [2.05, 4.69) is 25.3 Å². The number of rotatable bonds is 4. The number of aromatic nitrogens is 3. The Hall–Kier alpha value is -2.88. The molecule has 5 N–H and O–H groups in total. The third kappa shape index (κ3) is 3.69. The van der Waals surface area contributed by atoms with Crippen molar-refractivity contribution >= 4 is 34.3 Å². The number of nitrogens with one attached hydrogen (secondary N) is 1. The third-order valence-electron chi connectivity index (χ3n) is 3.97. The number of amides is 1. The molecule has 0 radical (unpaired) electrons. The van der Waals surface area contributed by atoms with Crippen LogP contribution in [0.3, 0.4) is 0 Å². The van der Waals surface area contributed by atoms with E-state index in [1.165, 1.54) is 25.1 Å². The summed E-state index contributed by atoms with van der Waals surface area (Å²) < 4.78 is 4.93. The van der Waals surface area contributed by atoms with Crippen LogP contribution < -0.4 is 21.5 Å². The molecule has 0 unspecified atom stereocenters. The van der Waals surface area contributed by atoms with Crippen molar-refractivity contribution in [3.8, 4) is 5.88 Å². The topological polar surface area (TPSA) is 141 Å². The van der Waals surface area contributed by atoms with Crippen molar-refractivity contribution < 1.29 is 9.53 Å². The third-order valence-corrected chi connectivity index (χ3v) is 4.76. The molecule has 26 heavy (non-hydrogen) atoms. The summed E-state index contributed by atoms with van der Waals surface area (Å²) in [5, 5.41) is 3.30. The first-order valence-electron chi connectivity index (χ1n) is 7.84. The standard InChI is InChI=1S/C16H19N7O2S/c1-16(4-6-26-15(18)23-16)10-7-9(3-5-19-10)21-14(24)12-13(17)22-11(25-2)8-20-12/h3,5,7-8H,4,6H2,1-2H3,(H2,17,22)(H2,18,23)(H,19,21,24)/t16-/m0/s1. The molecule has 3 heterocycles. The van der Waals surface area contributed by atoms with E-state index in [0.717, 1.165) is 17.9 Å². The number of carbonyl (C=O) groups is 1. The van der Waals surface area contributed by atoms with E-state index in [0.29, 0.717) is 10.9 Å². The molecule has 1 amide bonds. The maximum absolute atomic E-state index is 12.4. The second-order valence-electron chi connectivity index (χ2n) is 5.85. The predicted molar refractivity (Wildman–Crippen MR) is 101 cm³/mol. The van der Waals surface area contributed by atoms with Crippen molar-refractivity contribution in [3.63, 3.8) is 0 Å². The molecule has 0 saturated carbocycles. The smallest absolute Gasteiger partial charge is 0.278 e.